The Labute approximate surface area is 155 Å². The van der Waals surface area contributed by atoms with Crippen LogP contribution in [0.4, 0.5) is 0 Å². The van der Waals surface area contributed by atoms with Gasteiger partial charge in [-0.3, -0.25) is 0 Å². The molecule has 3 rings (SSSR count). The van der Waals surface area contributed by atoms with E-state index in [1.807, 2.05) is 0 Å². The minimum absolute atomic E-state index is 0.0770. The van der Waals surface area contributed by atoms with Gasteiger partial charge in [0.25, 0.3) is 0 Å². The molecular weight excluding hydrogens is 429 g/mol. The maximum Gasteiger partial charge on any atom is 0.241 e. The van der Waals surface area contributed by atoms with E-state index < -0.39 is 50.9 Å². The van der Waals surface area contributed by atoms with E-state index in [2.05, 4.69) is 0 Å². The fourth-order valence-corrected chi connectivity index (χ4v) is 3.09. The Balaban J connectivity index is 1.62. The third-order valence-corrected chi connectivity index (χ3v) is 4.45. The molecule has 0 aliphatic carbocycles. The van der Waals surface area contributed by atoms with Crippen LogP contribution < -0.4 is 0 Å². The second-order valence-corrected chi connectivity index (χ2v) is 9.69. The van der Waals surface area contributed by atoms with E-state index in [1.165, 1.54) is 0 Å². The number of aliphatic hydroxyl groups excluding tert-OH is 1. The van der Waals surface area contributed by atoms with Crippen LogP contribution in [0.5, 0.6) is 0 Å². The molecule has 0 aromatic rings. The lowest BCUT2D eigenvalue weighted by Gasteiger charge is -2.25. The summed E-state index contributed by atoms with van der Waals surface area (Å²) in [7, 11) is 0. The zero-order valence-electron chi connectivity index (χ0n) is 10.5. The summed E-state index contributed by atoms with van der Waals surface area (Å²) in [5.41, 5.74) is 0. The molecule has 0 amide bonds. The highest BCUT2D eigenvalue weighted by Crippen LogP contribution is 2.44. The van der Waals surface area contributed by atoms with Crippen LogP contribution in [0.1, 0.15) is 0 Å². The third-order valence-electron chi connectivity index (χ3n) is 3.38. The molecule has 3 saturated heterocycles. The van der Waals surface area contributed by atoms with Gasteiger partial charge in [0, 0.05) is 0 Å². The van der Waals surface area contributed by atoms with Gasteiger partial charge in [-0.2, -0.15) is 0 Å². The first kappa shape index (κ1) is 18.3. The molecule has 3 aliphatic heterocycles. The van der Waals surface area contributed by atoms with E-state index in [9.17, 15) is 5.11 Å². The molecule has 0 spiro atoms. The van der Waals surface area contributed by atoms with Crippen molar-refractivity contribution >= 4 is 69.6 Å². The van der Waals surface area contributed by atoms with Crippen molar-refractivity contribution in [1.82, 2.24) is 0 Å². The lowest BCUT2D eigenvalue weighted by Crippen LogP contribution is -2.42. The Morgan fingerprint density at radius 3 is 1.91 bits per heavy atom. The van der Waals surface area contributed by atoms with Crippen molar-refractivity contribution in [3.8, 4) is 0 Å². The van der Waals surface area contributed by atoms with Crippen LogP contribution in [0.2, 0.25) is 0 Å². The van der Waals surface area contributed by atoms with E-state index in [-0.39, 0.29) is 6.61 Å². The smallest absolute Gasteiger partial charge is 0.241 e. The molecule has 3 heterocycles. The molecule has 3 aliphatic rings. The topological polar surface area (TPSA) is 66.4 Å². The van der Waals surface area contributed by atoms with E-state index in [4.69, 9.17) is 93.3 Å². The van der Waals surface area contributed by atoms with Crippen molar-refractivity contribution in [3.05, 3.63) is 0 Å². The first-order valence-electron chi connectivity index (χ1n) is 6.12. The minimum Gasteiger partial charge on any atom is -0.387 e. The SMILES string of the molecule is OC1C(C2COC(C(Cl)(Cl)Cl)O2)OC2OC(C(Cl)(Cl)Cl)OC21. The van der Waals surface area contributed by atoms with Gasteiger partial charge in [0.15, 0.2) is 6.29 Å². The molecule has 22 heavy (non-hydrogen) atoms. The number of halogens is 6. The van der Waals surface area contributed by atoms with Crippen LogP contribution in [0.15, 0.2) is 0 Å². The molecule has 6 nitrogen and oxygen atoms in total. The number of alkyl halides is 6. The van der Waals surface area contributed by atoms with Crippen LogP contribution in [0.3, 0.4) is 0 Å². The van der Waals surface area contributed by atoms with Crippen molar-refractivity contribution in [2.24, 2.45) is 0 Å². The number of fused-ring (bicyclic) bond motifs is 1. The molecular formula is C10H10Cl6O6. The minimum atomic E-state index is -1.80. The Hall–Kier alpha value is 1.50. The Bertz CT molecular complexity index is 427. The molecule has 7 unspecified atom stereocenters. The maximum atomic E-state index is 10.3. The van der Waals surface area contributed by atoms with E-state index in [1.54, 1.807) is 0 Å². The van der Waals surface area contributed by atoms with Gasteiger partial charge in [-0.25, -0.2) is 0 Å². The van der Waals surface area contributed by atoms with Gasteiger partial charge < -0.3 is 28.8 Å². The molecule has 0 saturated carbocycles. The first-order chi connectivity index (χ1) is 10.1. The van der Waals surface area contributed by atoms with E-state index >= 15 is 0 Å². The summed E-state index contributed by atoms with van der Waals surface area (Å²) >= 11 is 34.2. The zero-order chi connectivity index (χ0) is 16.3. The van der Waals surface area contributed by atoms with Crippen molar-refractivity contribution in [3.63, 3.8) is 0 Å². The van der Waals surface area contributed by atoms with E-state index in [0.717, 1.165) is 0 Å². The van der Waals surface area contributed by atoms with Gasteiger partial charge in [-0.05, 0) is 0 Å². The highest BCUT2D eigenvalue weighted by molar-refractivity contribution is 6.68. The molecule has 3 fully saturated rings. The number of aliphatic hydroxyl groups is 1. The fourth-order valence-electron chi connectivity index (χ4n) is 2.44. The van der Waals surface area contributed by atoms with Gasteiger partial charge in [0.2, 0.25) is 20.2 Å². The van der Waals surface area contributed by atoms with Crippen LogP contribution >= 0.6 is 69.6 Å². The molecule has 0 aromatic heterocycles. The molecule has 128 valence electrons. The summed E-state index contributed by atoms with van der Waals surface area (Å²) in [5.74, 6) is 0. The average molecular weight is 439 g/mol. The number of hydrogen-bond donors (Lipinski definition) is 1. The number of ether oxygens (including phenoxy) is 5. The maximum absolute atomic E-state index is 10.3. The third kappa shape index (κ3) is 3.54. The molecule has 1 N–H and O–H groups in total. The summed E-state index contributed by atoms with van der Waals surface area (Å²) in [5, 5.41) is 10.3. The van der Waals surface area contributed by atoms with Crippen molar-refractivity contribution < 1.29 is 28.8 Å². The summed E-state index contributed by atoms with van der Waals surface area (Å²) in [6, 6.07) is 0. The van der Waals surface area contributed by atoms with Gasteiger partial charge in [0.1, 0.15) is 24.4 Å². The monoisotopic (exact) mass is 436 g/mol. The van der Waals surface area contributed by atoms with Gasteiger partial charge >= 0.3 is 0 Å². The lowest BCUT2D eigenvalue weighted by atomic mass is 10.1. The molecule has 7 atom stereocenters. The molecule has 0 bridgehead atoms. The van der Waals surface area contributed by atoms with Gasteiger partial charge in [-0.1, -0.05) is 69.6 Å². The predicted molar refractivity (Wildman–Crippen MR) is 79.6 cm³/mol. The van der Waals surface area contributed by atoms with Crippen LogP contribution in [-0.2, 0) is 23.7 Å². The van der Waals surface area contributed by atoms with E-state index in [0.29, 0.717) is 0 Å². The van der Waals surface area contributed by atoms with Gasteiger partial charge in [0.05, 0.1) is 6.61 Å². The highest BCUT2D eigenvalue weighted by atomic mass is 35.6. The van der Waals surface area contributed by atoms with Gasteiger partial charge in [-0.15, -0.1) is 0 Å². The summed E-state index contributed by atoms with van der Waals surface area (Å²) < 4.78 is 23.4. The molecule has 0 aromatic carbocycles. The van der Waals surface area contributed by atoms with Crippen LogP contribution in [-0.4, -0.2) is 62.6 Å². The quantitative estimate of drug-likeness (QED) is 0.634. The Morgan fingerprint density at radius 1 is 0.773 bits per heavy atom. The lowest BCUT2D eigenvalue weighted by molar-refractivity contribution is -0.189. The summed E-state index contributed by atoms with van der Waals surface area (Å²) in [4.78, 5) is 0. The van der Waals surface area contributed by atoms with Crippen molar-refractivity contribution in [1.29, 1.82) is 0 Å². The number of rotatable bonds is 1. The normalized spacial score (nSPS) is 46.2. The Kier molecular flexibility index (Phi) is 5.27. The fraction of sp³-hybridized carbons (Fsp3) is 1.00. The zero-order valence-corrected chi connectivity index (χ0v) is 15.0. The Morgan fingerprint density at radius 2 is 1.41 bits per heavy atom. The highest BCUT2D eigenvalue weighted by Gasteiger charge is 2.59. The van der Waals surface area contributed by atoms with Crippen molar-refractivity contribution in [2.75, 3.05) is 6.61 Å². The predicted octanol–water partition coefficient (Wildman–Crippen LogP) is 2.30. The van der Waals surface area contributed by atoms with Crippen LogP contribution in [0, 0.1) is 0 Å². The number of hydrogen-bond acceptors (Lipinski definition) is 6. The largest absolute Gasteiger partial charge is 0.387 e. The van der Waals surface area contributed by atoms with Crippen molar-refractivity contribution in [2.45, 2.75) is 50.9 Å². The van der Waals surface area contributed by atoms with Crippen LogP contribution in [0.25, 0.3) is 0 Å². The first-order valence-corrected chi connectivity index (χ1v) is 8.39. The standard InChI is InChI=1S/C10H10Cl6O6/c11-9(12,13)7-18-1-2(19-7)4-3(17)5-6(20-4)22-8(21-5)10(14,15)16/h2-8,17H,1H2. The second kappa shape index (κ2) is 6.34. The summed E-state index contributed by atoms with van der Waals surface area (Å²) in [6.45, 7) is 0.0770. The molecule has 0 radical (unpaired) electrons. The average Bonchev–Trinajstić information content (AvgIpc) is 3.03. The summed E-state index contributed by atoms with van der Waals surface area (Å²) in [6.07, 6.45) is -6.43. The molecule has 12 heteroatoms. The second-order valence-electron chi connectivity index (χ2n) is 4.95.